The number of pyridine rings is 1. The van der Waals surface area contributed by atoms with E-state index in [-0.39, 0.29) is 0 Å². The molecule has 0 saturated heterocycles. The molecule has 0 aliphatic rings. The Morgan fingerprint density at radius 3 is 2.78 bits per heavy atom. The second kappa shape index (κ2) is 5.57. The summed E-state index contributed by atoms with van der Waals surface area (Å²) in [6.07, 6.45) is 1.60. The second-order valence-corrected chi connectivity index (χ2v) is 4.61. The maximum absolute atomic E-state index is 6.14. The summed E-state index contributed by atoms with van der Waals surface area (Å²) in [5, 5.41) is 0.925. The molecule has 0 radical (unpaired) electrons. The smallest absolute Gasteiger partial charge is 0.238 e. The van der Waals surface area contributed by atoms with Crippen molar-refractivity contribution in [2.45, 2.75) is 13.5 Å². The van der Waals surface area contributed by atoms with Crippen LogP contribution in [0.15, 0.2) is 30.5 Å². The fraction of sp³-hybridized carbons (Fsp3) is 0.154. The molecule has 0 fully saturated rings. The highest BCUT2D eigenvalue weighted by Crippen LogP contribution is 2.33. The molecule has 0 unspecified atom stereocenters. The van der Waals surface area contributed by atoms with E-state index in [4.69, 9.17) is 33.7 Å². The van der Waals surface area contributed by atoms with Crippen LogP contribution in [0.4, 0.5) is 0 Å². The Bertz CT molecular complexity index is 573. The van der Waals surface area contributed by atoms with E-state index in [1.807, 2.05) is 19.1 Å². The number of benzene rings is 1. The highest BCUT2D eigenvalue weighted by atomic mass is 35.5. The molecule has 2 N–H and O–H groups in total. The van der Waals surface area contributed by atoms with Gasteiger partial charge in [0.1, 0.15) is 10.8 Å². The summed E-state index contributed by atoms with van der Waals surface area (Å²) >= 11 is 12.2. The average molecular weight is 283 g/mol. The van der Waals surface area contributed by atoms with Gasteiger partial charge in [-0.15, -0.1) is 0 Å². The molecule has 2 aromatic rings. The van der Waals surface area contributed by atoms with Crippen molar-refractivity contribution in [1.29, 1.82) is 0 Å². The Hall–Kier alpha value is -1.29. The molecule has 0 saturated carbocycles. The summed E-state index contributed by atoms with van der Waals surface area (Å²) in [5.41, 5.74) is 7.40. The van der Waals surface area contributed by atoms with Crippen LogP contribution in [-0.4, -0.2) is 4.98 Å². The molecular weight excluding hydrogens is 271 g/mol. The Morgan fingerprint density at radius 2 is 2.06 bits per heavy atom. The van der Waals surface area contributed by atoms with Crippen LogP contribution in [0.5, 0.6) is 11.6 Å². The van der Waals surface area contributed by atoms with Gasteiger partial charge >= 0.3 is 0 Å². The van der Waals surface area contributed by atoms with Gasteiger partial charge in [0.25, 0.3) is 0 Å². The van der Waals surface area contributed by atoms with Crippen LogP contribution in [-0.2, 0) is 6.54 Å². The molecule has 1 heterocycles. The summed E-state index contributed by atoms with van der Waals surface area (Å²) in [5.74, 6) is 0.840. The summed E-state index contributed by atoms with van der Waals surface area (Å²) in [6, 6.07) is 7.26. The third kappa shape index (κ3) is 2.75. The lowest BCUT2D eigenvalue weighted by Gasteiger charge is -2.10. The molecule has 1 aromatic heterocycles. The predicted molar refractivity (Wildman–Crippen MR) is 73.4 cm³/mol. The van der Waals surface area contributed by atoms with Crippen LogP contribution in [0.1, 0.15) is 11.1 Å². The lowest BCUT2D eigenvalue weighted by molar-refractivity contribution is 0.462. The minimum atomic E-state index is 0.312. The zero-order chi connectivity index (χ0) is 13.1. The predicted octanol–water partition coefficient (Wildman–Crippen LogP) is 3.95. The van der Waals surface area contributed by atoms with E-state index < -0.39 is 0 Å². The van der Waals surface area contributed by atoms with Crippen molar-refractivity contribution in [1.82, 2.24) is 4.98 Å². The Kier molecular flexibility index (Phi) is 4.07. The van der Waals surface area contributed by atoms with E-state index in [1.165, 1.54) is 0 Å². The molecule has 0 aliphatic carbocycles. The molecule has 1 aromatic carbocycles. The highest BCUT2D eigenvalue weighted by molar-refractivity contribution is 6.33. The number of aromatic nitrogens is 1. The topological polar surface area (TPSA) is 48.1 Å². The van der Waals surface area contributed by atoms with Crippen molar-refractivity contribution >= 4 is 23.2 Å². The zero-order valence-electron chi connectivity index (χ0n) is 9.78. The fourth-order valence-electron chi connectivity index (χ4n) is 1.48. The van der Waals surface area contributed by atoms with E-state index in [1.54, 1.807) is 18.3 Å². The standard InChI is InChI=1S/C13H12Cl2N2O/c1-8-2-3-10(14)11(6-8)18-13-12(15)9(7-16)4-5-17-13/h2-6H,7,16H2,1H3. The summed E-state index contributed by atoms with van der Waals surface area (Å²) < 4.78 is 5.63. The first kappa shape index (κ1) is 13.1. The van der Waals surface area contributed by atoms with Crippen molar-refractivity contribution in [3.63, 3.8) is 0 Å². The van der Waals surface area contributed by atoms with Crippen molar-refractivity contribution in [3.8, 4) is 11.6 Å². The lowest BCUT2D eigenvalue weighted by Crippen LogP contribution is -1.99. The number of aryl methyl sites for hydroxylation is 1. The number of hydrogen-bond acceptors (Lipinski definition) is 3. The molecule has 0 spiro atoms. The van der Waals surface area contributed by atoms with Crippen LogP contribution >= 0.6 is 23.2 Å². The molecule has 3 nitrogen and oxygen atoms in total. The van der Waals surface area contributed by atoms with Gasteiger partial charge in [-0.05, 0) is 36.2 Å². The van der Waals surface area contributed by atoms with E-state index in [0.29, 0.717) is 28.2 Å². The monoisotopic (exact) mass is 282 g/mol. The number of rotatable bonds is 3. The maximum Gasteiger partial charge on any atom is 0.238 e. The van der Waals surface area contributed by atoms with Gasteiger partial charge in [-0.1, -0.05) is 29.3 Å². The number of nitrogens with zero attached hydrogens (tertiary/aromatic N) is 1. The zero-order valence-corrected chi connectivity index (χ0v) is 11.3. The number of nitrogens with two attached hydrogens (primary N) is 1. The quantitative estimate of drug-likeness (QED) is 0.927. The van der Waals surface area contributed by atoms with Crippen LogP contribution in [0, 0.1) is 6.92 Å². The van der Waals surface area contributed by atoms with Crippen LogP contribution < -0.4 is 10.5 Å². The number of hydrogen-bond donors (Lipinski definition) is 1. The van der Waals surface area contributed by atoms with Crippen molar-refractivity contribution in [3.05, 3.63) is 51.6 Å². The van der Waals surface area contributed by atoms with E-state index in [0.717, 1.165) is 11.1 Å². The molecule has 2 rings (SSSR count). The third-order valence-electron chi connectivity index (χ3n) is 2.45. The average Bonchev–Trinajstić information content (AvgIpc) is 2.36. The van der Waals surface area contributed by atoms with Crippen LogP contribution in [0.2, 0.25) is 10.0 Å². The van der Waals surface area contributed by atoms with E-state index in [9.17, 15) is 0 Å². The van der Waals surface area contributed by atoms with E-state index in [2.05, 4.69) is 4.98 Å². The molecule has 0 amide bonds. The molecule has 0 bridgehead atoms. The van der Waals surface area contributed by atoms with E-state index >= 15 is 0 Å². The summed E-state index contributed by atoms with van der Waals surface area (Å²) in [4.78, 5) is 4.08. The molecule has 0 atom stereocenters. The second-order valence-electron chi connectivity index (χ2n) is 3.83. The maximum atomic E-state index is 6.14. The van der Waals surface area contributed by atoms with Crippen molar-refractivity contribution in [2.24, 2.45) is 5.73 Å². The van der Waals surface area contributed by atoms with Gasteiger partial charge in [-0.2, -0.15) is 0 Å². The Morgan fingerprint density at radius 1 is 1.28 bits per heavy atom. The van der Waals surface area contributed by atoms with Gasteiger partial charge in [0.05, 0.1) is 5.02 Å². The fourth-order valence-corrected chi connectivity index (χ4v) is 1.87. The Balaban J connectivity index is 2.37. The first-order valence-electron chi connectivity index (χ1n) is 5.39. The molecule has 5 heteroatoms. The molecule has 94 valence electrons. The largest absolute Gasteiger partial charge is 0.436 e. The first-order valence-corrected chi connectivity index (χ1v) is 6.15. The number of halogens is 2. The van der Waals surface area contributed by atoms with Gasteiger partial charge in [0.2, 0.25) is 5.88 Å². The minimum absolute atomic E-state index is 0.312. The van der Waals surface area contributed by atoms with Crippen LogP contribution in [0.3, 0.4) is 0 Å². The van der Waals surface area contributed by atoms with Gasteiger partial charge in [0, 0.05) is 12.7 Å². The summed E-state index contributed by atoms with van der Waals surface area (Å²) in [7, 11) is 0. The first-order chi connectivity index (χ1) is 8.61. The van der Waals surface area contributed by atoms with Gasteiger partial charge in [0.15, 0.2) is 0 Å². The normalized spacial score (nSPS) is 10.4. The third-order valence-corrected chi connectivity index (χ3v) is 3.17. The van der Waals surface area contributed by atoms with Gasteiger partial charge in [-0.25, -0.2) is 4.98 Å². The summed E-state index contributed by atoms with van der Waals surface area (Å²) in [6.45, 7) is 2.29. The SMILES string of the molecule is Cc1ccc(Cl)c(Oc2nccc(CN)c2Cl)c1. The number of ether oxygens (including phenoxy) is 1. The van der Waals surface area contributed by atoms with Gasteiger partial charge in [-0.3, -0.25) is 0 Å². The molecular formula is C13H12Cl2N2O. The van der Waals surface area contributed by atoms with Gasteiger partial charge < -0.3 is 10.5 Å². The lowest BCUT2D eigenvalue weighted by atomic mass is 10.2. The van der Waals surface area contributed by atoms with Crippen molar-refractivity contribution < 1.29 is 4.74 Å². The van der Waals surface area contributed by atoms with Crippen LogP contribution in [0.25, 0.3) is 0 Å². The van der Waals surface area contributed by atoms with Crippen molar-refractivity contribution in [2.75, 3.05) is 0 Å². The Labute approximate surface area is 115 Å². The minimum Gasteiger partial charge on any atom is -0.436 e. The molecule has 18 heavy (non-hydrogen) atoms. The molecule has 0 aliphatic heterocycles. The highest BCUT2D eigenvalue weighted by Gasteiger charge is 2.10.